The van der Waals surface area contributed by atoms with Crippen molar-refractivity contribution in [3.8, 4) is 16.3 Å². The summed E-state index contributed by atoms with van der Waals surface area (Å²) in [4.78, 5) is 16.2. The first-order valence-corrected chi connectivity index (χ1v) is 11.3. The second-order valence-corrected chi connectivity index (χ2v) is 8.40. The van der Waals surface area contributed by atoms with Crippen molar-refractivity contribution >= 4 is 34.0 Å². The maximum Gasteiger partial charge on any atom is 0.322 e. The summed E-state index contributed by atoms with van der Waals surface area (Å²) in [6.45, 7) is 1.40. The number of benzene rings is 2. The average Bonchev–Trinajstić information content (AvgIpc) is 3.44. The molecule has 0 radical (unpaired) electrons. The molecular formula is C25H27N3O3S. The van der Waals surface area contributed by atoms with Gasteiger partial charge in [0.1, 0.15) is 5.75 Å². The number of carbonyl (C=O) groups is 1. The molecule has 4 rings (SSSR count). The summed E-state index contributed by atoms with van der Waals surface area (Å²) in [6.07, 6.45) is 0. The molecule has 2 aromatic heterocycles. The number of methoxy groups -OCH3 is 2. The van der Waals surface area contributed by atoms with Gasteiger partial charge in [0.25, 0.3) is 0 Å². The number of amides is 2. The summed E-state index contributed by atoms with van der Waals surface area (Å²) >= 11 is 1.70. The van der Waals surface area contributed by atoms with Crippen molar-refractivity contribution in [3.05, 3.63) is 71.6 Å². The van der Waals surface area contributed by atoms with Crippen LogP contribution in [0.25, 0.3) is 21.5 Å². The third-order valence-electron chi connectivity index (χ3n) is 5.51. The molecule has 0 bridgehead atoms. The van der Waals surface area contributed by atoms with Crippen LogP contribution in [0.2, 0.25) is 0 Å². The zero-order valence-electron chi connectivity index (χ0n) is 18.5. The zero-order valence-corrected chi connectivity index (χ0v) is 19.3. The highest BCUT2D eigenvalue weighted by atomic mass is 32.1. The van der Waals surface area contributed by atoms with Crippen LogP contribution in [0.3, 0.4) is 0 Å². The van der Waals surface area contributed by atoms with Crippen LogP contribution in [0, 0.1) is 0 Å². The van der Waals surface area contributed by atoms with E-state index in [1.54, 1.807) is 30.5 Å². The molecule has 4 aromatic rings. The highest BCUT2D eigenvalue weighted by Gasteiger charge is 2.22. The van der Waals surface area contributed by atoms with Crippen LogP contribution in [0.4, 0.5) is 10.5 Å². The van der Waals surface area contributed by atoms with Gasteiger partial charge in [-0.15, -0.1) is 11.3 Å². The Morgan fingerprint density at radius 2 is 1.84 bits per heavy atom. The number of nitrogens with zero attached hydrogens (tertiary/aromatic N) is 2. The zero-order chi connectivity index (χ0) is 22.5. The number of hydrogen-bond donors (Lipinski definition) is 1. The summed E-state index contributed by atoms with van der Waals surface area (Å²) in [5.41, 5.74) is 4.13. The molecule has 2 heterocycles. The van der Waals surface area contributed by atoms with Crippen LogP contribution >= 0.6 is 11.3 Å². The van der Waals surface area contributed by atoms with E-state index < -0.39 is 0 Å². The summed E-state index contributed by atoms with van der Waals surface area (Å²) in [5, 5.41) is 6.23. The monoisotopic (exact) mass is 449 g/mol. The van der Waals surface area contributed by atoms with Gasteiger partial charge in [-0.3, -0.25) is 0 Å². The van der Waals surface area contributed by atoms with Gasteiger partial charge in [0.2, 0.25) is 0 Å². The van der Waals surface area contributed by atoms with Crippen molar-refractivity contribution in [2.45, 2.75) is 6.54 Å². The number of hydrogen-bond acceptors (Lipinski definition) is 4. The second-order valence-electron chi connectivity index (χ2n) is 7.45. The lowest BCUT2D eigenvalue weighted by Crippen LogP contribution is -2.37. The second kappa shape index (κ2) is 9.89. The van der Waals surface area contributed by atoms with E-state index in [9.17, 15) is 4.79 Å². The normalized spacial score (nSPS) is 11.0. The van der Waals surface area contributed by atoms with Gasteiger partial charge in [-0.2, -0.15) is 0 Å². The number of ether oxygens (including phenoxy) is 2. The van der Waals surface area contributed by atoms with Gasteiger partial charge in [-0.05, 0) is 41.8 Å². The Kier molecular flexibility index (Phi) is 6.78. The van der Waals surface area contributed by atoms with Crippen LogP contribution in [0.15, 0.2) is 66.0 Å². The van der Waals surface area contributed by atoms with E-state index in [-0.39, 0.29) is 6.03 Å². The number of urea groups is 1. The lowest BCUT2D eigenvalue weighted by Gasteiger charge is -2.23. The minimum absolute atomic E-state index is 0.169. The molecule has 0 fully saturated rings. The number of anilines is 1. The summed E-state index contributed by atoms with van der Waals surface area (Å²) in [7, 11) is 5.35. The molecule has 166 valence electrons. The number of carbonyl (C=O) groups excluding carboxylic acids is 1. The molecule has 7 heteroatoms. The molecule has 2 aromatic carbocycles. The third kappa shape index (κ3) is 4.49. The Balaban J connectivity index is 1.68. The lowest BCUT2D eigenvalue weighted by molar-refractivity contribution is 0.153. The number of rotatable bonds is 8. The predicted molar refractivity (Wildman–Crippen MR) is 131 cm³/mol. The summed E-state index contributed by atoms with van der Waals surface area (Å²) in [5.74, 6) is 0.746. The number of aromatic nitrogens is 1. The Morgan fingerprint density at radius 3 is 2.53 bits per heavy atom. The maximum absolute atomic E-state index is 13.2. The predicted octanol–water partition coefficient (Wildman–Crippen LogP) is 5.60. The fourth-order valence-corrected chi connectivity index (χ4v) is 4.71. The van der Waals surface area contributed by atoms with E-state index in [4.69, 9.17) is 9.47 Å². The molecule has 0 unspecified atom stereocenters. The molecule has 32 heavy (non-hydrogen) atoms. The van der Waals surface area contributed by atoms with Crippen molar-refractivity contribution in [3.63, 3.8) is 0 Å². The molecule has 0 aliphatic rings. The fourth-order valence-electron chi connectivity index (χ4n) is 3.88. The smallest absolute Gasteiger partial charge is 0.322 e. The average molecular weight is 450 g/mol. The number of nitrogens with one attached hydrogen (secondary N) is 1. The third-order valence-corrected chi connectivity index (χ3v) is 6.39. The summed E-state index contributed by atoms with van der Waals surface area (Å²) in [6, 6.07) is 19.7. The Labute approximate surface area is 192 Å². The van der Waals surface area contributed by atoms with Crippen molar-refractivity contribution in [1.29, 1.82) is 0 Å². The molecule has 0 atom stereocenters. The van der Waals surface area contributed by atoms with Gasteiger partial charge in [0.15, 0.2) is 0 Å². The molecule has 2 amide bonds. The van der Waals surface area contributed by atoms with Gasteiger partial charge >= 0.3 is 6.03 Å². The molecule has 0 spiro atoms. The van der Waals surface area contributed by atoms with Crippen molar-refractivity contribution < 1.29 is 14.3 Å². The van der Waals surface area contributed by atoms with Gasteiger partial charge in [0.05, 0.1) is 30.8 Å². The van der Waals surface area contributed by atoms with Crippen molar-refractivity contribution in [2.24, 2.45) is 7.05 Å². The highest BCUT2D eigenvalue weighted by molar-refractivity contribution is 7.13. The van der Waals surface area contributed by atoms with Crippen LogP contribution in [-0.4, -0.2) is 42.9 Å². The topological polar surface area (TPSA) is 55.7 Å². The van der Waals surface area contributed by atoms with E-state index in [1.165, 1.54) is 4.88 Å². The number of para-hydroxylation sites is 1. The number of thiophene rings is 1. The molecule has 0 aliphatic heterocycles. The molecule has 0 saturated heterocycles. The Morgan fingerprint density at radius 1 is 1.06 bits per heavy atom. The standard InChI is InChI=1S/C25H27N3O3S/c1-27-22-8-5-4-7-20(22)21(24(27)23-9-6-16-32-23)17-28(14-15-30-2)25(29)26-18-10-12-19(31-3)13-11-18/h4-13,16H,14-15,17H2,1-3H3,(H,26,29). The first kappa shape index (κ1) is 21.9. The van der Waals surface area contributed by atoms with Crippen LogP contribution in [0.5, 0.6) is 5.75 Å². The Bertz CT molecular complexity index is 1180. The minimum Gasteiger partial charge on any atom is -0.497 e. The lowest BCUT2D eigenvalue weighted by atomic mass is 10.1. The van der Waals surface area contributed by atoms with Crippen LogP contribution < -0.4 is 10.1 Å². The van der Waals surface area contributed by atoms with Gasteiger partial charge in [-0.25, -0.2) is 4.79 Å². The van der Waals surface area contributed by atoms with Gasteiger partial charge in [0, 0.05) is 42.9 Å². The number of aryl methyl sites for hydroxylation is 1. The first-order chi connectivity index (χ1) is 15.6. The van der Waals surface area contributed by atoms with E-state index in [1.807, 2.05) is 36.4 Å². The summed E-state index contributed by atoms with van der Waals surface area (Å²) < 4.78 is 12.7. The van der Waals surface area contributed by atoms with E-state index in [2.05, 4.69) is 46.6 Å². The number of fused-ring (bicyclic) bond motifs is 1. The van der Waals surface area contributed by atoms with Crippen LogP contribution in [-0.2, 0) is 18.3 Å². The highest BCUT2D eigenvalue weighted by Crippen LogP contribution is 2.36. The van der Waals surface area contributed by atoms with Crippen molar-refractivity contribution in [2.75, 3.05) is 32.7 Å². The first-order valence-electron chi connectivity index (χ1n) is 10.4. The maximum atomic E-state index is 13.2. The van der Waals surface area contributed by atoms with Gasteiger partial charge in [-0.1, -0.05) is 24.3 Å². The van der Waals surface area contributed by atoms with Crippen molar-refractivity contribution in [1.82, 2.24) is 9.47 Å². The molecule has 0 aliphatic carbocycles. The van der Waals surface area contributed by atoms with Gasteiger partial charge < -0.3 is 24.3 Å². The molecule has 1 N–H and O–H groups in total. The van der Waals surface area contributed by atoms with Crippen LogP contribution in [0.1, 0.15) is 5.56 Å². The minimum atomic E-state index is -0.169. The molecule has 0 saturated carbocycles. The van der Waals surface area contributed by atoms with E-state index >= 15 is 0 Å². The van der Waals surface area contributed by atoms with E-state index in [0.29, 0.717) is 19.7 Å². The fraction of sp³-hybridized carbons (Fsp3) is 0.240. The SMILES string of the molecule is COCCN(Cc1c(-c2cccs2)n(C)c2ccccc12)C(=O)Nc1ccc(OC)cc1. The quantitative estimate of drug-likeness (QED) is 0.381. The molecular weight excluding hydrogens is 422 g/mol. The molecule has 6 nitrogen and oxygen atoms in total. The van der Waals surface area contributed by atoms with E-state index in [0.717, 1.165) is 33.6 Å². The Hall–Kier alpha value is -3.29. The largest absolute Gasteiger partial charge is 0.497 e.